The van der Waals surface area contributed by atoms with E-state index in [1.165, 1.54) is 12.0 Å². The minimum Gasteiger partial charge on any atom is -0.396 e. The third kappa shape index (κ3) is 1.87. The Kier molecular flexibility index (Phi) is 3.31. The molecular formula is C14H21NO. The van der Waals surface area contributed by atoms with Gasteiger partial charge in [-0.15, -0.1) is 0 Å². The van der Waals surface area contributed by atoms with Crippen LogP contribution in [0.1, 0.15) is 43.4 Å². The summed E-state index contributed by atoms with van der Waals surface area (Å²) in [6.45, 7) is 2.36. The summed E-state index contributed by atoms with van der Waals surface area (Å²) in [6, 6.07) is 8.48. The average Bonchev–Trinajstić information content (AvgIpc) is 2.28. The van der Waals surface area contributed by atoms with Crippen LogP contribution in [0.25, 0.3) is 0 Å². The molecule has 1 aromatic carbocycles. The zero-order chi connectivity index (χ0) is 11.6. The Labute approximate surface area is 97.5 Å². The summed E-state index contributed by atoms with van der Waals surface area (Å²) < 4.78 is 0. The van der Waals surface area contributed by atoms with Crippen molar-refractivity contribution >= 4 is 0 Å². The van der Waals surface area contributed by atoms with E-state index in [1.54, 1.807) is 0 Å². The number of aryl methyl sites for hydroxylation is 1. The molecule has 1 saturated carbocycles. The molecule has 1 aliphatic carbocycles. The largest absolute Gasteiger partial charge is 0.396 e. The van der Waals surface area contributed by atoms with Crippen molar-refractivity contribution < 1.29 is 5.11 Å². The normalized spacial score (nSPS) is 20.2. The standard InChI is InChI=1S/C14H21NO/c1-2-11-4-6-12(7-5-11)13(15)14(10-16)8-3-9-14/h4-7,13,16H,2-3,8-10,15H2,1H3. The molecule has 0 heterocycles. The fourth-order valence-electron chi connectivity index (χ4n) is 2.51. The van der Waals surface area contributed by atoms with E-state index < -0.39 is 0 Å². The summed E-state index contributed by atoms with van der Waals surface area (Å²) >= 11 is 0. The topological polar surface area (TPSA) is 46.2 Å². The number of rotatable bonds is 4. The van der Waals surface area contributed by atoms with Crippen LogP contribution in [0.3, 0.4) is 0 Å². The van der Waals surface area contributed by atoms with Crippen LogP contribution in [0.5, 0.6) is 0 Å². The molecule has 0 aromatic heterocycles. The molecule has 1 aromatic rings. The van der Waals surface area contributed by atoms with Crippen LogP contribution < -0.4 is 5.73 Å². The fourth-order valence-corrected chi connectivity index (χ4v) is 2.51. The maximum absolute atomic E-state index is 9.49. The number of aliphatic hydroxyl groups is 1. The predicted molar refractivity (Wildman–Crippen MR) is 66.1 cm³/mol. The summed E-state index contributed by atoms with van der Waals surface area (Å²) in [7, 11) is 0. The van der Waals surface area contributed by atoms with Crippen molar-refractivity contribution in [3.63, 3.8) is 0 Å². The van der Waals surface area contributed by atoms with Crippen LogP contribution in [-0.2, 0) is 6.42 Å². The van der Waals surface area contributed by atoms with E-state index in [0.717, 1.165) is 24.8 Å². The van der Waals surface area contributed by atoms with Crippen molar-refractivity contribution in [2.24, 2.45) is 11.1 Å². The van der Waals surface area contributed by atoms with Gasteiger partial charge in [0.2, 0.25) is 0 Å². The first-order valence-corrected chi connectivity index (χ1v) is 6.17. The van der Waals surface area contributed by atoms with Gasteiger partial charge in [-0.2, -0.15) is 0 Å². The van der Waals surface area contributed by atoms with Crippen LogP contribution in [-0.4, -0.2) is 11.7 Å². The SMILES string of the molecule is CCc1ccc(C(N)C2(CO)CCC2)cc1. The molecule has 2 nitrogen and oxygen atoms in total. The van der Waals surface area contributed by atoms with Crippen LogP contribution >= 0.6 is 0 Å². The van der Waals surface area contributed by atoms with Crippen LogP contribution in [0.4, 0.5) is 0 Å². The molecule has 0 saturated heterocycles. The van der Waals surface area contributed by atoms with Gasteiger partial charge in [0.25, 0.3) is 0 Å². The van der Waals surface area contributed by atoms with Crippen molar-refractivity contribution in [3.8, 4) is 0 Å². The molecule has 2 heteroatoms. The van der Waals surface area contributed by atoms with E-state index in [0.29, 0.717) is 0 Å². The van der Waals surface area contributed by atoms with Gasteiger partial charge in [0.1, 0.15) is 0 Å². The maximum atomic E-state index is 9.49. The second-order valence-electron chi connectivity index (χ2n) is 4.95. The lowest BCUT2D eigenvalue weighted by atomic mass is 9.63. The molecule has 0 bridgehead atoms. The summed E-state index contributed by atoms with van der Waals surface area (Å²) in [4.78, 5) is 0. The Morgan fingerprint density at radius 3 is 2.31 bits per heavy atom. The van der Waals surface area contributed by atoms with E-state index in [4.69, 9.17) is 5.73 Å². The lowest BCUT2D eigenvalue weighted by Gasteiger charge is -2.45. The molecule has 88 valence electrons. The highest BCUT2D eigenvalue weighted by Gasteiger charge is 2.42. The highest BCUT2D eigenvalue weighted by molar-refractivity contribution is 5.27. The molecule has 1 fully saturated rings. The highest BCUT2D eigenvalue weighted by atomic mass is 16.3. The summed E-state index contributed by atoms with van der Waals surface area (Å²) in [5.41, 5.74) is 8.72. The van der Waals surface area contributed by atoms with Crippen LogP contribution in [0, 0.1) is 5.41 Å². The van der Waals surface area contributed by atoms with Gasteiger partial charge in [-0.05, 0) is 30.4 Å². The van der Waals surface area contributed by atoms with Crippen LogP contribution in [0.15, 0.2) is 24.3 Å². The highest BCUT2D eigenvalue weighted by Crippen LogP contribution is 2.48. The van der Waals surface area contributed by atoms with Gasteiger partial charge < -0.3 is 10.8 Å². The van der Waals surface area contributed by atoms with Gasteiger partial charge in [-0.3, -0.25) is 0 Å². The molecule has 1 unspecified atom stereocenters. The first-order valence-electron chi connectivity index (χ1n) is 6.17. The molecule has 3 N–H and O–H groups in total. The Balaban J connectivity index is 2.16. The van der Waals surface area contributed by atoms with Gasteiger partial charge in [0, 0.05) is 11.5 Å². The zero-order valence-electron chi connectivity index (χ0n) is 9.95. The molecule has 16 heavy (non-hydrogen) atoms. The summed E-state index contributed by atoms with van der Waals surface area (Å²) in [5.74, 6) is 0. The average molecular weight is 219 g/mol. The Bertz CT molecular complexity index is 335. The Hall–Kier alpha value is -0.860. The fraction of sp³-hybridized carbons (Fsp3) is 0.571. The lowest BCUT2D eigenvalue weighted by molar-refractivity contribution is 0.0184. The molecule has 1 atom stereocenters. The van der Waals surface area contributed by atoms with E-state index in [1.807, 2.05) is 0 Å². The first kappa shape index (κ1) is 11.6. The minimum absolute atomic E-state index is 0.0165. The number of hydrogen-bond acceptors (Lipinski definition) is 2. The quantitative estimate of drug-likeness (QED) is 0.817. The Morgan fingerprint density at radius 1 is 1.31 bits per heavy atom. The summed E-state index contributed by atoms with van der Waals surface area (Å²) in [5, 5.41) is 9.49. The third-order valence-corrected chi connectivity index (χ3v) is 4.07. The first-order chi connectivity index (χ1) is 7.72. The number of benzene rings is 1. The number of hydrogen-bond donors (Lipinski definition) is 2. The van der Waals surface area contributed by atoms with Gasteiger partial charge in [-0.25, -0.2) is 0 Å². The Morgan fingerprint density at radius 2 is 1.94 bits per heavy atom. The van der Waals surface area contributed by atoms with Gasteiger partial charge in [0.05, 0.1) is 6.61 Å². The zero-order valence-corrected chi connectivity index (χ0v) is 9.95. The molecule has 0 aliphatic heterocycles. The molecule has 0 amide bonds. The molecule has 0 spiro atoms. The molecular weight excluding hydrogens is 198 g/mol. The number of nitrogens with two attached hydrogens (primary N) is 1. The second-order valence-corrected chi connectivity index (χ2v) is 4.95. The lowest BCUT2D eigenvalue weighted by Crippen LogP contribution is -2.43. The molecule has 1 aliphatic rings. The van der Waals surface area contributed by atoms with Crippen molar-refractivity contribution in [1.29, 1.82) is 0 Å². The molecule has 2 rings (SSSR count). The molecule has 0 radical (unpaired) electrons. The maximum Gasteiger partial charge on any atom is 0.0505 e. The minimum atomic E-state index is -0.0479. The predicted octanol–water partition coefficient (Wildman–Crippen LogP) is 2.41. The number of aliphatic hydroxyl groups excluding tert-OH is 1. The second kappa shape index (κ2) is 4.56. The van der Waals surface area contributed by atoms with E-state index in [-0.39, 0.29) is 18.1 Å². The monoisotopic (exact) mass is 219 g/mol. The van der Waals surface area contributed by atoms with Crippen molar-refractivity contribution in [3.05, 3.63) is 35.4 Å². The van der Waals surface area contributed by atoms with Crippen molar-refractivity contribution in [1.82, 2.24) is 0 Å². The van der Waals surface area contributed by atoms with Gasteiger partial charge in [-0.1, -0.05) is 37.6 Å². The third-order valence-electron chi connectivity index (χ3n) is 4.07. The van der Waals surface area contributed by atoms with Crippen LogP contribution in [0.2, 0.25) is 0 Å². The summed E-state index contributed by atoms with van der Waals surface area (Å²) in [6.07, 6.45) is 4.36. The smallest absolute Gasteiger partial charge is 0.0505 e. The van der Waals surface area contributed by atoms with E-state index >= 15 is 0 Å². The van der Waals surface area contributed by atoms with Crippen molar-refractivity contribution in [2.45, 2.75) is 38.6 Å². The van der Waals surface area contributed by atoms with Gasteiger partial charge in [0.15, 0.2) is 0 Å². The van der Waals surface area contributed by atoms with Gasteiger partial charge >= 0.3 is 0 Å². The van der Waals surface area contributed by atoms with E-state index in [2.05, 4.69) is 31.2 Å². The van der Waals surface area contributed by atoms with Crippen molar-refractivity contribution in [2.75, 3.05) is 6.61 Å². The van der Waals surface area contributed by atoms with E-state index in [9.17, 15) is 5.11 Å².